The van der Waals surface area contributed by atoms with Crippen LogP contribution in [0.25, 0.3) is 0 Å². The minimum Gasteiger partial charge on any atom is -0.0620 e. The lowest BCUT2D eigenvalue weighted by atomic mass is 9.63. The molecule has 0 aliphatic heterocycles. The molecule has 2 aromatic carbocycles. The highest BCUT2D eigenvalue weighted by molar-refractivity contribution is 5.56. The van der Waals surface area contributed by atoms with E-state index in [1.807, 2.05) is 0 Å². The highest BCUT2D eigenvalue weighted by Crippen LogP contribution is 2.47. The number of rotatable bonds is 4. The minimum atomic E-state index is 0.0834. The molecule has 0 heterocycles. The Balaban J connectivity index is 2.73. The molecule has 196 valence electrons. The molecule has 0 saturated carbocycles. The van der Waals surface area contributed by atoms with Crippen molar-refractivity contribution in [3.63, 3.8) is 0 Å². The molecule has 0 aromatic heterocycles. The molecule has 0 unspecified atom stereocenters. The maximum atomic E-state index is 2.60. The van der Waals surface area contributed by atoms with E-state index in [0.29, 0.717) is 0 Å². The van der Waals surface area contributed by atoms with E-state index in [2.05, 4.69) is 134 Å². The van der Waals surface area contributed by atoms with Crippen LogP contribution in [0.1, 0.15) is 149 Å². The van der Waals surface area contributed by atoms with Gasteiger partial charge in [-0.2, -0.15) is 0 Å². The van der Waals surface area contributed by atoms with Crippen molar-refractivity contribution in [3.8, 4) is 0 Å². The molecule has 0 bridgehead atoms. The van der Waals surface area contributed by atoms with Crippen molar-refractivity contribution in [2.75, 3.05) is 0 Å². The molecule has 0 saturated heterocycles. The van der Waals surface area contributed by atoms with Gasteiger partial charge in [-0.25, -0.2) is 0 Å². The van der Waals surface area contributed by atoms with Crippen LogP contribution in [0, 0.1) is 0 Å². The topological polar surface area (TPSA) is 0 Å². The van der Waals surface area contributed by atoms with Crippen molar-refractivity contribution >= 4 is 0 Å². The van der Waals surface area contributed by atoms with Crippen LogP contribution in [0.5, 0.6) is 0 Å². The highest BCUT2D eigenvalue weighted by atomic mass is 14.4. The van der Waals surface area contributed by atoms with Crippen molar-refractivity contribution in [3.05, 3.63) is 69.3 Å². The second kappa shape index (κ2) is 9.72. The van der Waals surface area contributed by atoms with Gasteiger partial charge in [-0.3, -0.25) is 0 Å². The molecule has 0 N–H and O–H groups in total. The first-order valence-corrected chi connectivity index (χ1v) is 13.9. The van der Waals surface area contributed by atoms with Gasteiger partial charge in [-0.1, -0.05) is 134 Å². The zero-order valence-corrected chi connectivity index (χ0v) is 26.0. The summed E-state index contributed by atoms with van der Waals surface area (Å²) in [4.78, 5) is 0. The minimum absolute atomic E-state index is 0.0834. The van der Waals surface area contributed by atoms with E-state index in [0.717, 1.165) is 12.8 Å². The lowest BCUT2D eigenvalue weighted by Crippen LogP contribution is -2.33. The van der Waals surface area contributed by atoms with E-state index in [1.54, 1.807) is 22.3 Å². The van der Waals surface area contributed by atoms with Crippen LogP contribution in [-0.4, -0.2) is 0 Å². The first kappa shape index (κ1) is 29.7. The fourth-order valence-electron chi connectivity index (χ4n) is 5.85. The predicted octanol–water partition coefficient (Wildman–Crippen LogP) is 10.3. The van der Waals surface area contributed by atoms with E-state index in [-0.39, 0.29) is 27.1 Å². The van der Waals surface area contributed by atoms with Gasteiger partial charge in [-0.05, 0) is 85.3 Å². The van der Waals surface area contributed by atoms with Crippen molar-refractivity contribution in [1.29, 1.82) is 0 Å². The summed E-state index contributed by atoms with van der Waals surface area (Å²) in [6, 6.07) is 11.7. The lowest BCUT2D eigenvalue weighted by molar-refractivity contribution is 0.473. The fourth-order valence-corrected chi connectivity index (χ4v) is 5.85. The normalized spacial score (nSPS) is 13.9. The molecule has 0 atom stereocenters. The zero-order valence-electron chi connectivity index (χ0n) is 26.0. The van der Waals surface area contributed by atoms with Gasteiger partial charge in [-0.15, -0.1) is 0 Å². The zero-order chi connectivity index (χ0) is 27.2. The molecule has 2 rings (SSSR count). The summed E-state index contributed by atoms with van der Waals surface area (Å²) in [5.41, 5.74) is 11.4. The molecule has 0 nitrogen and oxygen atoms in total. The maximum Gasteiger partial charge on any atom is -0.0126 e. The Morgan fingerprint density at radius 1 is 0.429 bits per heavy atom. The van der Waals surface area contributed by atoms with Gasteiger partial charge >= 0.3 is 0 Å². The second-order valence-corrected chi connectivity index (χ2v) is 16.0. The summed E-state index contributed by atoms with van der Waals surface area (Å²) in [6.07, 6.45) is 3.44. The van der Waals surface area contributed by atoms with Gasteiger partial charge in [0.1, 0.15) is 0 Å². The van der Waals surface area contributed by atoms with Crippen molar-refractivity contribution < 1.29 is 0 Å². The van der Waals surface area contributed by atoms with Crippen LogP contribution in [0.2, 0.25) is 0 Å². The van der Waals surface area contributed by atoms with Crippen molar-refractivity contribution in [1.82, 2.24) is 0 Å². The molecule has 0 heteroatoms. The second-order valence-electron chi connectivity index (χ2n) is 16.0. The van der Waals surface area contributed by atoms with Gasteiger partial charge in [0.15, 0.2) is 0 Å². The molecule has 0 spiro atoms. The standard InChI is InChI=1S/C35H56/c1-31(2,3)26-22-17-16-19-24(26)20-18-21-25-23-27(32(4,5)6)29(34(10,11)12)30(35(13,14)15)28(25)33(7,8)9/h16-17,19,22-23H,18,20-21H2,1-15H3. The molecular formula is C35H56. The van der Waals surface area contributed by atoms with Crippen LogP contribution in [-0.2, 0) is 39.9 Å². The highest BCUT2D eigenvalue weighted by Gasteiger charge is 2.37. The van der Waals surface area contributed by atoms with E-state index in [1.165, 1.54) is 23.1 Å². The number of aryl methyl sites for hydroxylation is 2. The average molecular weight is 477 g/mol. The van der Waals surface area contributed by atoms with Crippen LogP contribution < -0.4 is 0 Å². The van der Waals surface area contributed by atoms with Gasteiger partial charge in [0.05, 0.1) is 0 Å². The van der Waals surface area contributed by atoms with Crippen molar-refractivity contribution in [2.45, 2.75) is 150 Å². The van der Waals surface area contributed by atoms with Crippen LogP contribution in [0.4, 0.5) is 0 Å². The molecule has 0 fully saturated rings. The molecule has 0 aliphatic carbocycles. The molecule has 0 amide bonds. The Morgan fingerprint density at radius 2 is 0.857 bits per heavy atom. The molecule has 35 heavy (non-hydrogen) atoms. The molecular weight excluding hydrogens is 420 g/mol. The van der Waals surface area contributed by atoms with Crippen LogP contribution in [0.3, 0.4) is 0 Å². The Morgan fingerprint density at radius 3 is 1.29 bits per heavy atom. The SMILES string of the molecule is CC(C)(C)c1ccccc1CCCc1cc(C(C)(C)C)c(C(C)(C)C)c(C(C)(C)C)c1C(C)(C)C. The summed E-state index contributed by atoms with van der Waals surface area (Å²) < 4.78 is 0. The monoisotopic (exact) mass is 476 g/mol. The molecule has 0 aliphatic rings. The largest absolute Gasteiger partial charge is 0.0620 e. The van der Waals surface area contributed by atoms with Crippen LogP contribution >= 0.6 is 0 Å². The predicted molar refractivity (Wildman–Crippen MR) is 158 cm³/mol. The summed E-state index contributed by atoms with van der Waals surface area (Å²) in [5.74, 6) is 0. The first-order valence-electron chi connectivity index (χ1n) is 13.9. The van der Waals surface area contributed by atoms with E-state index >= 15 is 0 Å². The maximum absolute atomic E-state index is 2.60. The summed E-state index contributed by atoms with van der Waals surface area (Å²) in [6.45, 7) is 35.9. The Hall–Kier alpha value is -1.56. The van der Waals surface area contributed by atoms with E-state index < -0.39 is 0 Å². The number of benzene rings is 2. The van der Waals surface area contributed by atoms with Crippen molar-refractivity contribution in [2.24, 2.45) is 0 Å². The third-order valence-corrected chi connectivity index (χ3v) is 7.18. The van der Waals surface area contributed by atoms with Gasteiger partial charge in [0, 0.05) is 0 Å². The van der Waals surface area contributed by atoms with Gasteiger partial charge < -0.3 is 0 Å². The lowest BCUT2D eigenvalue weighted by Gasteiger charge is -2.42. The molecule has 0 radical (unpaired) electrons. The van der Waals surface area contributed by atoms with E-state index in [9.17, 15) is 0 Å². The van der Waals surface area contributed by atoms with Gasteiger partial charge in [0.2, 0.25) is 0 Å². The summed E-state index contributed by atoms with van der Waals surface area (Å²) in [5, 5.41) is 0. The van der Waals surface area contributed by atoms with Crippen LogP contribution in [0.15, 0.2) is 30.3 Å². The average Bonchev–Trinajstić information content (AvgIpc) is 2.63. The smallest absolute Gasteiger partial charge is 0.0126 e. The Labute approximate surface area is 219 Å². The Kier molecular flexibility index (Phi) is 8.24. The summed E-state index contributed by atoms with van der Waals surface area (Å²) in [7, 11) is 0. The number of hydrogen-bond acceptors (Lipinski definition) is 0. The quantitative estimate of drug-likeness (QED) is 0.411. The fraction of sp³-hybridized carbons (Fsp3) is 0.657. The number of hydrogen-bond donors (Lipinski definition) is 0. The first-order chi connectivity index (χ1) is 15.6. The molecule has 2 aromatic rings. The van der Waals surface area contributed by atoms with Gasteiger partial charge in [0.25, 0.3) is 0 Å². The summed E-state index contributed by atoms with van der Waals surface area (Å²) >= 11 is 0. The Bertz CT molecular complexity index is 1010. The third-order valence-electron chi connectivity index (χ3n) is 7.18. The van der Waals surface area contributed by atoms with E-state index in [4.69, 9.17) is 0 Å². The third kappa shape index (κ3) is 7.02.